The molecule has 0 atom stereocenters. The van der Waals surface area contributed by atoms with Gasteiger partial charge in [-0.2, -0.15) is 0 Å². The van der Waals surface area contributed by atoms with Crippen LogP contribution in [0.4, 0.5) is 0 Å². The third-order valence-electron chi connectivity index (χ3n) is 1.22. The normalized spacial score (nSPS) is 9.18. The van der Waals surface area contributed by atoms with E-state index in [1.807, 2.05) is 12.1 Å². The summed E-state index contributed by atoms with van der Waals surface area (Å²) in [4.78, 5) is 14.0. The molecular weight excluding hydrogens is 160 g/mol. The van der Waals surface area contributed by atoms with Gasteiger partial charge >= 0.3 is 0 Å². The molecule has 0 aliphatic carbocycles. The summed E-state index contributed by atoms with van der Waals surface area (Å²) in [5, 5.41) is 0. The first-order valence-corrected chi connectivity index (χ1v) is 3.52. The molecule has 0 bridgehead atoms. The molecule has 0 aromatic carbocycles. The third-order valence-corrected chi connectivity index (χ3v) is 1.45. The minimum absolute atomic E-state index is 0.509. The van der Waals surface area contributed by atoms with Gasteiger partial charge in [-0.05, 0) is 17.7 Å². The fourth-order valence-corrected chi connectivity index (χ4v) is 0.876. The van der Waals surface area contributed by atoms with Crippen molar-refractivity contribution < 1.29 is 4.79 Å². The molecule has 0 radical (unpaired) electrons. The monoisotopic (exact) mass is 168 g/mol. The van der Waals surface area contributed by atoms with Crippen molar-refractivity contribution in [1.29, 1.82) is 0 Å². The van der Waals surface area contributed by atoms with Crippen molar-refractivity contribution in [2.24, 2.45) is 0 Å². The Morgan fingerprint density at radius 2 is 2.18 bits per heavy atom. The minimum Gasteiger partial charge on any atom is -0.287 e. The maximum Gasteiger partial charge on any atom is 0.219 e. The number of thiol groups is 1. The fraction of sp³-hybridized carbons (Fsp3) is 0.143. The number of amides is 1. The van der Waals surface area contributed by atoms with E-state index in [0.29, 0.717) is 13.0 Å². The largest absolute Gasteiger partial charge is 0.287 e. The summed E-state index contributed by atoms with van der Waals surface area (Å²) >= 11 is 3.89. The fourth-order valence-electron chi connectivity index (χ4n) is 0.713. The van der Waals surface area contributed by atoms with E-state index in [9.17, 15) is 4.79 Å². The molecule has 0 aliphatic heterocycles. The van der Waals surface area contributed by atoms with E-state index in [-0.39, 0.29) is 0 Å². The molecular formula is C7H8N2OS. The van der Waals surface area contributed by atoms with Crippen LogP contribution in [0, 0.1) is 0 Å². The van der Waals surface area contributed by atoms with Crippen LogP contribution in [0.2, 0.25) is 0 Å². The summed E-state index contributed by atoms with van der Waals surface area (Å²) in [5.74, 6) is 0. The summed E-state index contributed by atoms with van der Waals surface area (Å²) in [7, 11) is 0. The topological polar surface area (TPSA) is 33.2 Å². The van der Waals surface area contributed by atoms with Crippen molar-refractivity contribution in [1.82, 2.24) is 9.29 Å². The molecule has 1 rings (SSSR count). The average Bonchev–Trinajstić information content (AvgIpc) is 2.06. The number of carbonyl (C=O) groups excluding carboxylic acids is 1. The highest BCUT2D eigenvalue weighted by Gasteiger charge is 1.95. The van der Waals surface area contributed by atoms with E-state index in [0.717, 1.165) is 5.56 Å². The molecule has 1 heterocycles. The zero-order valence-corrected chi connectivity index (χ0v) is 6.74. The molecule has 0 spiro atoms. The van der Waals surface area contributed by atoms with Gasteiger partial charge in [-0.3, -0.25) is 14.1 Å². The molecule has 1 amide bonds. The highest BCUT2D eigenvalue weighted by Crippen LogP contribution is 2.01. The van der Waals surface area contributed by atoms with Gasteiger partial charge in [0.25, 0.3) is 0 Å². The molecule has 0 saturated heterocycles. The van der Waals surface area contributed by atoms with Crippen molar-refractivity contribution in [2.45, 2.75) is 6.54 Å². The van der Waals surface area contributed by atoms with Gasteiger partial charge in [0.2, 0.25) is 6.41 Å². The number of pyridine rings is 1. The Morgan fingerprint density at radius 3 is 2.73 bits per heavy atom. The van der Waals surface area contributed by atoms with E-state index >= 15 is 0 Å². The second-order valence-electron chi connectivity index (χ2n) is 2.06. The number of aromatic nitrogens is 1. The Labute approximate surface area is 70.6 Å². The lowest BCUT2D eigenvalue weighted by Gasteiger charge is -2.07. The molecule has 1 aromatic heterocycles. The quantitative estimate of drug-likeness (QED) is 0.537. The maximum atomic E-state index is 10.1. The lowest BCUT2D eigenvalue weighted by Crippen LogP contribution is -2.08. The second kappa shape index (κ2) is 3.98. The first-order chi connectivity index (χ1) is 5.33. The lowest BCUT2D eigenvalue weighted by atomic mass is 10.3. The van der Waals surface area contributed by atoms with Crippen molar-refractivity contribution >= 4 is 19.2 Å². The average molecular weight is 168 g/mol. The molecule has 58 valence electrons. The second-order valence-corrected chi connectivity index (χ2v) is 2.57. The Morgan fingerprint density at radius 1 is 1.55 bits per heavy atom. The minimum atomic E-state index is 0.509. The van der Waals surface area contributed by atoms with Crippen LogP contribution in [0.5, 0.6) is 0 Å². The van der Waals surface area contributed by atoms with Gasteiger partial charge in [0, 0.05) is 12.4 Å². The number of hydrogen-bond donors (Lipinski definition) is 1. The molecule has 3 nitrogen and oxygen atoms in total. The molecule has 0 N–H and O–H groups in total. The van der Waals surface area contributed by atoms with Crippen molar-refractivity contribution in [3.05, 3.63) is 30.1 Å². The molecule has 0 fully saturated rings. The van der Waals surface area contributed by atoms with Crippen LogP contribution in [0.25, 0.3) is 0 Å². The van der Waals surface area contributed by atoms with Crippen LogP contribution in [-0.2, 0) is 11.3 Å². The van der Waals surface area contributed by atoms with Crippen molar-refractivity contribution in [2.75, 3.05) is 0 Å². The molecule has 0 aliphatic rings. The maximum absolute atomic E-state index is 10.1. The predicted molar refractivity (Wildman–Crippen MR) is 44.8 cm³/mol. The van der Waals surface area contributed by atoms with Gasteiger partial charge in [0.05, 0.1) is 6.54 Å². The van der Waals surface area contributed by atoms with Gasteiger partial charge in [-0.25, -0.2) is 0 Å². The van der Waals surface area contributed by atoms with Gasteiger partial charge in [-0.1, -0.05) is 12.8 Å². The highest BCUT2D eigenvalue weighted by atomic mass is 32.1. The Hall–Kier alpha value is -1.03. The van der Waals surface area contributed by atoms with Crippen LogP contribution in [0.15, 0.2) is 24.5 Å². The first kappa shape index (κ1) is 8.07. The van der Waals surface area contributed by atoms with Crippen LogP contribution in [0.3, 0.4) is 0 Å². The van der Waals surface area contributed by atoms with Crippen LogP contribution < -0.4 is 0 Å². The van der Waals surface area contributed by atoms with Crippen LogP contribution in [0.1, 0.15) is 5.56 Å². The Kier molecular flexibility index (Phi) is 2.92. The van der Waals surface area contributed by atoms with Crippen molar-refractivity contribution in [3.8, 4) is 0 Å². The lowest BCUT2D eigenvalue weighted by molar-refractivity contribution is -0.114. The summed E-state index contributed by atoms with van der Waals surface area (Å²) < 4.78 is 1.27. The zero-order chi connectivity index (χ0) is 8.10. The molecule has 4 heteroatoms. The van der Waals surface area contributed by atoms with E-state index in [2.05, 4.69) is 17.8 Å². The molecule has 0 saturated carbocycles. The molecule has 1 aromatic rings. The molecule has 0 unspecified atom stereocenters. The Bertz CT molecular complexity index is 227. The van der Waals surface area contributed by atoms with E-state index in [4.69, 9.17) is 0 Å². The third kappa shape index (κ3) is 2.59. The predicted octanol–water partition coefficient (Wildman–Crippen LogP) is 0.885. The molecule has 11 heavy (non-hydrogen) atoms. The van der Waals surface area contributed by atoms with Crippen molar-refractivity contribution in [3.63, 3.8) is 0 Å². The summed E-state index contributed by atoms with van der Waals surface area (Å²) in [6, 6.07) is 3.68. The van der Waals surface area contributed by atoms with Crippen LogP contribution in [-0.4, -0.2) is 15.7 Å². The first-order valence-electron chi connectivity index (χ1n) is 3.12. The summed E-state index contributed by atoms with van der Waals surface area (Å²) in [6.45, 7) is 0.509. The zero-order valence-electron chi connectivity index (χ0n) is 5.84. The smallest absolute Gasteiger partial charge is 0.219 e. The number of carbonyl (C=O) groups is 1. The van der Waals surface area contributed by atoms with Gasteiger partial charge in [-0.15, -0.1) is 0 Å². The van der Waals surface area contributed by atoms with Gasteiger partial charge in [0.15, 0.2) is 0 Å². The standard InChI is InChI=1S/C7H8N2OS/c10-6-9(11)5-7-1-3-8-4-2-7/h1-4,6,11H,5H2. The highest BCUT2D eigenvalue weighted by molar-refractivity contribution is 7.78. The van der Waals surface area contributed by atoms with Gasteiger partial charge < -0.3 is 0 Å². The summed E-state index contributed by atoms with van der Waals surface area (Å²) in [5.41, 5.74) is 1.02. The Balaban J connectivity index is 2.57. The van der Waals surface area contributed by atoms with E-state index in [1.165, 1.54) is 4.31 Å². The number of hydrogen-bond acceptors (Lipinski definition) is 3. The van der Waals surface area contributed by atoms with E-state index < -0.39 is 0 Å². The van der Waals surface area contributed by atoms with E-state index in [1.54, 1.807) is 12.4 Å². The number of nitrogens with zero attached hydrogens (tertiary/aromatic N) is 2. The summed E-state index contributed by atoms with van der Waals surface area (Å²) in [6.07, 6.45) is 4.03. The SMILES string of the molecule is O=CN(S)Cc1ccncc1. The number of rotatable bonds is 3. The van der Waals surface area contributed by atoms with Gasteiger partial charge in [0.1, 0.15) is 0 Å². The van der Waals surface area contributed by atoms with Crippen LogP contribution >= 0.6 is 12.8 Å².